The highest BCUT2D eigenvalue weighted by atomic mass is 16.5. The Kier molecular flexibility index (Phi) is 7.81. The van der Waals surface area contributed by atoms with Gasteiger partial charge in [-0.3, -0.25) is 4.79 Å². The van der Waals surface area contributed by atoms with Crippen molar-refractivity contribution in [2.45, 2.75) is 33.7 Å². The van der Waals surface area contributed by atoms with E-state index in [-0.39, 0.29) is 18.6 Å². The Balaban J connectivity index is 1.85. The smallest absolute Gasteiger partial charge is 0.331 e. The lowest BCUT2D eigenvalue weighted by Crippen LogP contribution is -2.31. The average molecular weight is 381 g/mol. The quantitative estimate of drug-likeness (QED) is 0.551. The fraction of sp³-hybridized carbons (Fsp3) is 0.304. The summed E-state index contributed by atoms with van der Waals surface area (Å²) in [7, 11) is 0. The molecule has 5 heteroatoms. The number of aryl methyl sites for hydroxylation is 2. The van der Waals surface area contributed by atoms with Crippen LogP contribution in [0.25, 0.3) is 6.08 Å². The normalized spacial score (nSPS) is 11.9. The van der Waals surface area contributed by atoms with Crippen LogP contribution in [0, 0.1) is 13.8 Å². The van der Waals surface area contributed by atoms with E-state index < -0.39 is 5.97 Å². The third-order valence-corrected chi connectivity index (χ3v) is 4.37. The van der Waals surface area contributed by atoms with Crippen LogP contribution in [0.5, 0.6) is 5.75 Å². The van der Waals surface area contributed by atoms with Gasteiger partial charge in [-0.15, -0.1) is 0 Å². The van der Waals surface area contributed by atoms with Crippen LogP contribution in [0.2, 0.25) is 0 Å². The third-order valence-electron chi connectivity index (χ3n) is 4.37. The van der Waals surface area contributed by atoms with E-state index >= 15 is 0 Å². The Morgan fingerprint density at radius 3 is 2.57 bits per heavy atom. The fourth-order valence-corrected chi connectivity index (χ4v) is 2.65. The Labute approximate surface area is 166 Å². The SMILES string of the molecule is CCOc1ccccc1/C=C/C(=O)OCC(=O)N[C@@H](C)c1ccc(C)c(C)c1. The van der Waals surface area contributed by atoms with Gasteiger partial charge in [0, 0.05) is 11.6 Å². The van der Waals surface area contributed by atoms with Crippen molar-refractivity contribution in [2.24, 2.45) is 0 Å². The topological polar surface area (TPSA) is 64.6 Å². The summed E-state index contributed by atoms with van der Waals surface area (Å²) in [4.78, 5) is 24.0. The number of carbonyl (C=O) groups excluding carboxylic acids is 2. The fourth-order valence-electron chi connectivity index (χ4n) is 2.65. The second kappa shape index (κ2) is 10.3. The van der Waals surface area contributed by atoms with Crippen molar-refractivity contribution >= 4 is 18.0 Å². The van der Waals surface area contributed by atoms with Gasteiger partial charge in [0.1, 0.15) is 5.75 Å². The summed E-state index contributed by atoms with van der Waals surface area (Å²) in [6, 6.07) is 13.3. The van der Waals surface area contributed by atoms with Gasteiger partial charge >= 0.3 is 5.97 Å². The predicted octanol–water partition coefficient (Wildman–Crippen LogP) is 4.14. The molecular weight excluding hydrogens is 354 g/mol. The molecule has 5 nitrogen and oxygen atoms in total. The first kappa shape index (κ1) is 21.2. The van der Waals surface area contributed by atoms with Crippen LogP contribution in [-0.4, -0.2) is 25.1 Å². The number of hydrogen-bond donors (Lipinski definition) is 1. The molecule has 0 saturated heterocycles. The predicted molar refractivity (Wildman–Crippen MR) is 110 cm³/mol. The third kappa shape index (κ3) is 6.27. The number of para-hydroxylation sites is 1. The molecule has 1 atom stereocenters. The van der Waals surface area contributed by atoms with Gasteiger partial charge in [-0.25, -0.2) is 4.79 Å². The summed E-state index contributed by atoms with van der Waals surface area (Å²) >= 11 is 0. The van der Waals surface area contributed by atoms with Crippen LogP contribution < -0.4 is 10.1 Å². The summed E-state index contributed by atoms with van der Waals surface area (Å²) in [6.45, 7) is 8.08. The Bertz CT molecular complexity index is 857. The molecule has 0 bridgehead atoms. The number of benzene rings is 2. The summed E-state index contributed by atoms with van der Waals surface area (Å²) in [5, 5.41) is 2.84. The molecule has 0 spiro atoms. The van der Waals surface area contributed by atoms with E-state index in [1.807, 2.05) is 70.2 Å². The van der Waals surface area contributed by atoms with Crippen LogP contribution >= 0.6 is 0 Å². The zero-order chi connectivity index (χ0) is 20.5. The van der Waals surface area contributed by atoms with Gasteiger partial charge in [-0.1, -0.05) is 36.4 Å². The van der Waals surface area contributed by atoms with Gasteiger partial charge in [-0.05, 0) is 56.5 Å². The Morgan fingerprint density at radius 1 is 1.11 bits per heavy atom. The van der Waals surface area contributed by atoms with Gasteiger partial charge in [0.15, 0.2) is 6.61 Å². The first-order valence-corrected chi connectivity index (χ1v) is 9.34. The maximum Gasteiger partial charge on any atom is 0.331 e. The van der Waals surface area contributed by atoms with E-state index in [4.69, 9.17) is 9.47 Å². The van der Waals surface area contributed by atoms with E-state index in [2.05, 4.69) is 5.32 Å². The molecule has 0 radical (unpaired) electrons. The highest BCUT2D eigenvalue weighted by molar-refractivity contribution is 5.89. The molecule has 2 aromatic carbocycles. The largest absolute Gasteiger partial charge is 0.493 e. The lowest BCUT2D eigenvalue weighted by atomic mass is 10.0. The first-order chi connectivity index (χ1) is 13.4. The van der Waals surface area contributed by atoms with E-state index in [1.165, 1.54) is 17.2 Å². The summed E-state index contributed by atoms with van der Waals surface area (Å²) in [6.07, 6.45) is 2.90. The zero-order valence-electron chi connectivity index (χ0n) is 16.8. The van der Waals surface area contributed by atoms with Gasteiger partial charge in [0.2, 0.25) is 0 Å². The molecule has 1 N–H and O–H groups in total. The van der Waals surface area contributed by atoms with Crippen molar-refractivity contribution < 1.29 is 19.1 Å². The maximum absolute atomic E-state index is 12.1. The summed E-state index contributed by atoms with van der Waals surface area (Å²) in [5.74, 6) is -0.239. The monoisotopic (exact) mass is 381 g/mol. The molecule has 0 aromatic heterocycles. The van der Waals surface area contributed by atoms with Crippen molar-refractivity contribution in [3.05, 3.63) is 70.8 Å². The molecule has 2 aromatic rings. The molecule has 0 aliphatic rings. The molecule has 28 heavy (non-hydrogen) atoms. The Hall–Kier alpha value is -3.08. The zero-order valence-corrected chi connectivity index (χ0v) is 16.8. The molecule has 0 unspecified atom stereocenters. The molecule has 0 aliphatic heterocycles. The minimum absolute atomic E-state index is 0.167. The first-order valence-electron chi connectivity index (χ1n) is 9.34. The summed E-state index contributed by atoms with van der Waals surface area (Å²) in [5.41, 5.74) is 4.15. The highest BCUT2D eigenvalue weighted by Crippen LogP contribution is 2.19. The number of esters is 1. The van der Waals surface area contributed by atoms with Crippen LogP contribution in [0.3, 0.4) is 0 Å². The Morgan fingerprint density at radius 2 is 1.86 bits per heavy atom. The lowest BCUT2D eigenvalue weighted by Gasteiger charge is -2.15. The summed E-state index contributed by atoms with van der Waals surface area (Å²) < 4.78 is 10.5. The molecular formula is C23H27NO4. The molecule has 148 valence electrons. The highest BCUT2D eigenvalue weighted by Gasteiger charge is 2.12. The van der Waals surface area contributed by atoms with Gasteiger partial charge in [-0.2, -0.15) is 0 Å². The van der Waals surface area contributed by atoms with Gasteiger partial charge in [0.25, 0.3) is 5.91 Å². The number of carbonyl (C=O) groups is 2. The van der Waals surface area contributed by atoms with Crippen molar-refractivity contribution in [1.29, 1.82) is 0 Å². The standard InChI is InChI=1S/C23H27NO4/c1-5-27-21-9-7-6-8-19(21)12-13-23(26)28-15-22(25)24-18(4)20-11-10-16(2)17(3)14-20/h6-14,18H,5,15H2,1-4H3,(H,24,25)/b13-12+/t18-/m0/s1. The van der Waals surface area contributed by atoms with Crippen LogP contribution in [0.4, 0.5) is 0 Å². The van der Waals surface area contributed by atoms with E-state index in [9.17, 15) is 9.59 Å². The number of hydrogen-bond acceptors (Lipinski definition) is 4. The lowest BCUT2D eigenvalue weighted by molar-refractivity contribution is -0.144. The number of amides is 1. The van der Waals surface area contributed by atoms with Crippen LogP contribution in [0.1, 0.15) is 42.1 Å². The van der Waals surface area contributed by atoms with E-state index in [0.717, 1.165) is 11.1 Å². The number of nitrogens with one attached hydrogen (secondary N) is 1. The van der Waals surface area contributed by atoms with Crippen LogP contribution in [0.15, 0.2) is 48.5 Å². The average Bonchev–Trinajstić information content (AvgIpc) is 2.68. The second-order valence-electron chi connectivity index (χ2n) is 6.54. The van der Waals surface area contributed by atoms with Crippen molar-refractivity contribution in [3.63, 3.8) is 0 Å². The molecule has 2 rings (SSSR count). The van der Waals surface area contributed by atoms with Crippen molar-refractivity contribution in [2.75, 3.05) is 13.2 Å². The van der Waals surface area contributed by atoms with Crippen LogP contribution in [-0.2, 0) is 14.3 Å². The van der Waals surface area contributed by atoms with Crippen molar-refractivity contribution in [1.82, 2.24) is 5.32 Å². The number of ether oxygens (including phenoxy) is 2. The van der Waals surface area contributed by atoms with Gasteiger partial charge in [0.05, 0.1) is 12.6 Å². The molecule has 0 heterocycles. The minimum atomic E-state index is -0.583. The van der Waals surface area contributed by atoms with E-state index in [0.29, 0.717) is 12.4 Å². The van der Waals surface area contributed by atoms with Crippen molar-refractivity contribution in [3.8, 4) is 5.75 Å². The van der Waals surface area contributed by atoms with Gasteiger partial charge < -0.3 is 14.8 Å². The molecule has 0 fully saturated rings. The molecule has 1 amide bonds. The maximum atomic E-state index is 12.1. The molecule has 0 saturated carbocycles. The minimum Gasteiger partial charge on any atom is -0.493 e. The molecule has 0 aliphatic carbocycles. The van der Waals surface area contributed by atoms with E-state index in [1.54, 1.807) is 6.08 Å². The number of rotatable bonds is 8. The second-order valence-corrected chi connectivity index (χ2v) is 6.54.